The van der Waals surface area contributed by atoms with E-state index in [1.807, 2.05) is 0 Å². The van der Waals surface area contributed by atoms with Gasteiger partial charge < -0.3 is 5.32 Å². The van der Waals surface area contributed by atoms with Crippen LogP contribution in [0.25, 0.3) is 0 Å². The van der Waals surface area contributed by atoms with E-state index in [2.05, 4.69) is 27.1 Å². The molecule has 1 N–H and O–H groups in total. The van der Waals surface area contributed by atoms with Crippen molar-refractivity contribution in [3.05, 3.63) is 22.2 Å². The van der Waals surface area contributed by atoms with E-state index >= 15 is 0 Å². The van der Waals surface area contributed by atoms with Crippen LogP contribution in [0.5, 0.6) is 0 Å². The monoisotopic (exact) mass is 257 g/mol. The number of hydrogen-bond acceptors (Lipinski definition) is 3. The first-order valence-electron chi connectivity index (χ1n) is 4.51. The number of halogens is 2. The molecule has 0 aliphatic heterocycles. The van der Waals surface area contributed by atoms with Crippen LogP contribution in [0.4, 0.5) is 0 Å². The highest BCUT2D eigenvalue weighted by atomic mass is 35.5. The lowest BCUT2D eigenvalue weighted by Gasteiger charge is -1.95. The Morgan fingerprint density at radius 1 is 1.56 bits per heavy atom. The molecule has 0 saturated carbocycles. The Morgan fingerprint density at radius 3 is 2.94 bits per heavy atom. The van der Waals surface area contributed by atoms with Gasteiger partial charge in [0.2, 0.25) is 11.2 Å². The summed E-state index contributed by atoms with van der Waals surface area (Å²) in [5.74, 6) is 5.57. The van der Waals surface area contributed by atoms with Gasteiger partial charge in [-0.2, -0.15) is 0 Å². The van der Waals surface area contributed by atoms with Crippen molar-refractivity contribution in [1.82, 2.24) is 15.3 Å². The van der Waals surface area contributed by atoms with E-state index < -0.39 is 0 Å². The minimum absolute atomic E-state index is 0.0744. The molecule has 0 aromatic carbocycles. The fourth-order valence-electron chi connectivity index (χ4n) is 0.884. The normalized spacial score (nSPS) is 9.19. The SMILES string of the molecule is CC(=O)NCCC#Cc1cnc(Cl)nc1Cl. The molecule has 0 aliphatic rings. The zero-order valence-corrected chi connectivity index (χ0v) is 10.1. The number of carbonyl (C=O) groups is 1. The molecule has 6 heteroatoms. The quantitative estimate of drug-likeness (QED) is 0.380. The van der Waals surface area contributed by atoms with E-state index in [9.17, 15) is 4.79 Å². The summed E-state index contributed by atoms with van der Waals surface area (Å²) in [5.41, 5.74) is 0.522. The number of rotatable bonds is 2. The molecule has 0 radical (unpaired) electrons. The molecule has 0 atom stereocenters. The highest BCUT2D eigenvalue weighted by Crippen LogP contribution is 2.12. The molecule has 84 valence electrons. The average Bonchev–Trinajstić information content (AvgIpc) is 2.20. The van der Waals surface area contributed by atoms with Crippen LogP contribution < -0.4 is 5.32 Å². The van der Waals surface area contributed by atoms with Gasteiger partial charge >= 0.3 is 0 Å². The first kappa shape index (κ1) is 12.8. The van der Waals surface area contributed by atoms with Crippen LogP contribution in [0.15, 0.2) is 6.20 Å². The predicted molar refractivity (Wildman–Crippen MR) is 62.2 cm³/mol. The Hall–Kier alpha value is -1.31. The molecule has 0 aliphatic carbocycles. The fraction of sp³-hybridized carbons (Fsp3) is 0.300. The second kappa shape index (κ2) is 6.31. The zero-order chi connectivity index (χ0) is 12.0. The van der Waals surface area contributed by atoms with Gasteiger partial charge in [0.1, 0.15) is 5.15 Å². The first-order chi connectivity index (χ1) is 7.59. The number of carbonyl (C=O) groups excluding carboxylic acids is 1. The molecule has 16 heavy (non-hydrogen) atoms. The van der Waals surface area contributed by atoms with Crippen molar-refractivity contribution in [2.24, 2.45) is 0 Å². The zero-order valence-electron chi connectivity index (χ0n) is 8.55. The van der Waals surface area contributed by atoms with Gasteiger partial charge in [0.15, 0.2) is 0 Å². The van der Waals surface area contributed by atoms with Crippen molar-refractivity contribution >= 4 is 29.1 Å². The molecule has 1 aromatic rings. The largest absolute Gasteiger partial charge is 0.355 e. The van der Waals surface area contributed by atoms with Crippen LogP contribution in [0.3, 0.4) is 0 Å². The third-order valence-electron chi connectivity index (χ3n) is 1.56. The molecule has 0 fully saturated rings. The van der Waals surface area contributed by atoms with Gasteiger partial charge in [-0.1, -0.05) is 23.4 Å². The van der Waals surface area contributed by atoms with Gasteiger partial charge in [0.05, 0.1) is 5.56 Å². The smallest absolute Gasteiger partial charge is 0.223 e. The van der Waals surface area contributed by atoms with Gasteiger partial charge in [0, 0.05) is 26.1 Å². The summed E-state index contributed by atoms with van der Waals surface area (Å²) < 4.78 is 0. The predicted octanol–water partition coefficient (Wildman–Crippen LogP) is 1.66. The maximum atomic E-state index is 10.6. The average molecular weight is 258 g/mol. The van der Waals surface area contributed by atoms with E-state index in [1.54, 1.807) is 0 Å². The van der Waals surface area contributed by atoms with E-state index in [0.717, 1.165) is 0 Å². The minimum atomic E-state index is -0.0744. The van der Waals surface area contributed by atoms with Crippen LogP contribution >= 0.6 is 23.2 Å². The molecule has 0 unspecified atom stereocenters. The maximum absolute atomic E-state index is 10.6. The Morgan fingerprint density at radius 2 is 2.31 bits per heavy atom. The van der Waals surface area contributed by atoms with Crippen molar-refractivity contribution in [2.45, 2.75) is 13.3 Å². The Bertz CT molecular complexity index is 451. The summed E-state index contributed by atoms with van der Waals surface area (Å²) >= 11 is 11.3. The second-order valence-corrected chi connectivity index (χ2v) is 3.57. The number of nitrogens with zero attached hydrogens (tertiary/aromatic N) is 2. The summed E-state index contributed by atoms with van der Waals surface area (Å²) in [6, 6.07) is 0. The molecule has 0 spiro atoms. The standard InChI is InChI=1S/C10H9Cl2N3O/c1-7(16)13-5-3-2-4-8-6-14-10(12)15-9(8)11/h6H,3,5H2,1H3,(H,13,16). The second-order valence-electron chi connectivity index (χ2n) is 2.88. The highest BCUT2D eigenvalue weighted by molar-refractivity contribution is 6.32. The molecule has 0 saturated heterocycles. The topological polar surface area (TPSA) is 54.9 Å². The van der Waals surface area contributed by atoms with Crippen molar-refractivity contribution in [3.8, 4) is 11.8 Å². The third-order valence-corrected chi connectivity index (χ3v) is 2.03. The molecule has 1 heterocycles. The summed E-state index contributed by atoms with van der Waals surface area (Å²) in [6.07, 6.45) is 2.00. The van der Waals surface area contributed by atoms with Gasteiger partial charge in [-0.25, -0.2) is 9.97 Å². The summed E-state index contributed by atoms with van der Waals surface area (Å²) in [6.45, 7) is 1.96. The number of hydrogen-bond donors (Lipinski definition) is 1. The van der Waals surface area contributed by atoms with E-state index in [4.69, 9.17) is 23.2 Å². The van der Waals surface area contributed by atoms with Crippen molar-refractivity contribution in [3.63, 3.8) is 0 Å². The van der Waals surface area contributed by atoms with E-state index in [1.165, 1.54) is 13.1 Å². The van der Waals surface area contributed by atoms with Crippen molar-refractivity contribution in [1.29, 1.82) is 0 Å². The molecular formula is C10H9Cl2N3O. The summed E-state index contributed by atoms with van der Waals surface area (Å²) in [5, 5.41) is 2.95. The summed E-state index contributed by atoms with van der Waals surface area (Å²) in [4.78, 5) is 18.1. The molecule has 0 bridgehead atoms. The lowest BCUT2D eigenvalue weighted by atomic mass is 10.3. The molecule has 1 rings (SSSR count). The van der Waals surface area contributed by atoms with E-state index in [-0.39, 0.29) is 16.3 Å². The molecule has 4 nitrogen and oxygen atoms in total. The summed E-state index contributed by atoms with van der Waals surface area (Å²) in [7, 11) is 0. The van der Waals surface area contributed by atoms with Gasteiger partial charge in [-0.3, -0.25) is 4.79 Å². The van der Waals surface area contributed by atoms with Gasteiger partial charge in [-0.05, 0) is 11.6 Å². The number of aromatic nitrogens is 2. The van der Waals surface area contributed by atoms with Gasteiger partial charge in [0.25, 0.3) is 0 Å². The van der Waals surface area contributed by atoms with Gasteiger partial charge in [-0.15, -0.1) is 0 Å². The Balaban J connectivity index is 2.53. The highest BCUT2D eigenvalue weighted by Gasteiger charge is 1.99. The minimum Gasteiger partial charge on any atom is -0.355 e. The third kappa shape index (κ3) is 4.47. The number of nitrogens with one attached hydrogen (secondary N) is 1. The first-order valence-corrected chi connectivity index (χ1v) is 5.26. The lowest BCUT2D eigenvalue weighted by Crippen LogP contribution is -2.20. The van der Waals surface area contributed by atoms with Crippen LogP contribution in [-0.2, 0) is 4.79 Å². The lowest BCUT2D eigenvalue weighted by molar-refractivity contribution is -0.118. The maximum Gasteiger partial charge on any atom is 0.223 e. The van der Waals surface area contributed by atoms with Crippen LogP contribution in [0, 0.1) is 11.8 Å². The Labute approximate surface area is 103 Å². The van der Waals surface area contributed by atoms with E-state index in [0.29, 0.717) is 18.5 Å². The number of amides is 1. The molecule has 1 aromatic heterocycles. The molecule has 1 amide bonds. The van der Waals surface area contributed by atoms with Crippen LogP contribution in [0.2, 0.25) is 10.4 Å². The van der Waals surface area contributed by atoms with Crippen molar-refractivity contribution < 1.29 is 4.79 Å². The van der Waals surface area contributed by atoms with Crippen molar-refractivity contribution in [2.75, 3.05) is 6.54 Å². The fourth-order valence-corrected chi connectivity index (χ4v) is 1.24. The van der Waals surface area contributed by atoms with Crippen LogP contribution in [-0.4, -0.2) is 22.4 Å². The Kier molecular flexibility index (Phi) is 5.03. The molecular weight excluding hydrogens is 249 g/mol. The van der Waals surface area contributed by atoms with Crippen LogP contribution in [0.1, 0.15) is 18.9 Å².